The maximum Gasteiger partial charge on any atom is 0.322 e. The molecule has 0 radical (unpaired) electrons. The van der Waals surface area contributed by atoms with E-state index in [9.17, 15) is 4.79 Å². The number of urea groups is 1. The van der Waals surface area contributed by atoms with E-state index >= 15 is 0 Å². The third kappa shape index (κ3) is 3.76. The van der Waals surface area contributed by atoms with E-state index < -0.39 is 0 Å². The summed E-state index contributed by atoms with van der Waals surface area (Å²) < 4.78 is 15.9. The van der Waals surface area contributed by atoms with Crippen molar-refractivity contribution in [2.75, 3.05) is 26.1 Å². The zero-order valence-corrected chi connectivity index (χ0v) is 15.6. The molecule has 0 unspecified atom stereocenters. The molecule has 0 bridgehead atoms. The highest BCUT2D eigenvalue weighted by Gasteiger charge is 2.32. The standard InChI is InChI=1S/C19H25N3O4/c1-12(2)18-11-16(21-26-18)17-6-5-7-22(17)19(23)20-13-8-14(24-3)10-15(9-13)25-4/h8-12,17H,5-7H2,1-4H3,(H,20,23)/t17-/m0/s1. The second-order valence-electron chi connectivity index (χ2n) is 6.69. The van der Waals surface area contributed by atoms with Gasteiger partial charge in [-0.05, 0) is 12.8 Å². The number of nitrogens with zero attached hydrogens (tertiary/aromatic N) is 2. The quantitative estimate of drug-likeness (QED) is 0.866. The monoisotopic (exact) mass is 359 g/mol. The molecule has 2 amide bonds. The minimum absolute atomic E-state index is 0.0706. The molecule has 0 spiro atoms. The number of anilines is 1. The first-order valence-electron chi connectivity index (χ1n) is 8.79. The maximum atomic E-state index is 12.8. The van der Waals surface area contributed by atoms with Crippen molar-refractivity contribution in [3.63, 3.8) is 0 Å². The lowest BCUT2D eigenvalue weighted by Gasteiger charge is -2.23. The molecule has 3 rings (SSSR count). The zero-order chi connectivity index (χ0) is 18.7. The van der Waals surface area contributed by atoms with E-state index in [0.29, 0.717) is 23.7 Å². The number of amides is 2. The summed E-state index contributed by atoms with van der Waals surface area (Å²) in [4.78, 5) is 14.6. The molecule has 1 aliphatic heterocycles. The number of rotatable bonds is 5. The Kier molecular flexibility index (Phi) is 5.35. The zero-order valence-electron chi connectivity index (χ0n) is 15.6. The van der Waals surface area contributed by atoms with Crippen LogP contribution >= 0.6 is 0 Å². The van der Waals surface area contributed by atoms with Crippen molar-refractivity contribution in [2.24, 2.45) is 0 Å². The number of nitrogens with one attached hydrogen (secondary N) is 1. The fraction of sp³-hybridized carbons (Fsp3) is 0.474. The molecular formula is C19H25N3O4. The van der Waals surface area contributed by atoms with Crippen LogP contribution in [0.3, 0.4) is 0 Å². The van der Waals surface area contributed by atoms with E-state index in [1.807, 2.05) is 6.07 Å². The number of methoxy groups -OCH3 is 2. The average Bonchev–Trinajstić information content (AvgIpc) is 3.30. The van der Waals surface area contributed by atoms with Crippen molar-refractivity contribution in [3.8, 4) is 11.5 Å². The molecule has 7 nitrogen and oxygen atoms in total. The summed E-state index contributed by atoms with van der Waals surface area (Å²) in [6.07, 6.45) is 1.81. The van der Waals surface area contributed by atoms with Crippen LogP contribution in [0.15, 0.2) is 28.8 Å². The molecule has 2 aromatic rings. The van der Waals surface area contributed by atoms with Gasteiger partial charge in [-0.3, -0.25) is 0 Å². The maximum absolute atomic E-state index is 12.8. The van der Waals surface area contributed by atoms with Gasteiger partial charge in [0.25, 0.3) is 0 Å². The van der Waals surface area contributed by atoms with Gasteiger partial charge in [0.05, 0.1) is 20.3 Å². The van der Waals surface area contributed by atoms with Crippen LogP contribution in [0, 0.1) is 0 Å². The van der Waals surface area contributed by atoms with Crippen LogP contribution in [-0.2, 0) is 0 Å². The van der Waals surface area contributed by atoms with Gasteiger partial charge in [0.2, 0.25) is 0 Å². The fourth-order valence-corrected chi connectivity index (χ4v) is 3.13. The Balaban J connectivity index is 1.76. The van der Waals surface area contributed by atoms with Gasteiger partial charge in [0.15, 0.2) is 0 Å². The predicted octanol–water partition coefficient (Wildman–Crippen LogP) is 4.18. The van der Waals surface area contributed by atoms with Crippen molar-refractivity contribution in [3.05, 3.63) is 35.7 Å². The van der Waals surface area contributed by atoms with Crippen LogP contribution in [0.2, 0.25) is 0 Å². The van der Waals surface area contributed by atoms with Gasteiger partial charge in [0, 0.05) is 42.4 Å². The Morgan fingerprint density at radius 3 is 2.50 bits per heavy atom. The highest BCUT2D eigenvalue weighted by molar-refractivity contribution is 5.90. The van der Waals surface area contributed by atoms with Crippen molar-refractivity contribution in [1.82, 2.24) is 10.1 Å². The molecule has 7 heteroatoms. The number of carbonyl (C=O) groups is 1. The first kappa shape index (κ1) is 18.1. The van der Waals surface area contributed by atoms with Crippen molar-refractivity contribution >= 4 is 11.7 Å². The molecule has 1 aromatic carbocycles. The molecule has 1 fully saturated rings. The molecule has 1 aromatic heterocycles. The Bertz CT molecular complexity index is 750. The molecule has 1 atom stereocenters. The molecule has 1 saturated heterocycles. The first-order chi connectivity index (χ1) is 12.5. The van der Waals surface area contributed by atoms with Gasteiger partial charge in [-0.1, -0.05) is 19.0 Å². The molecule has 1 N–H and O–H groups in total. The van der Waals surface area contributed by atoms with Gasteiger partial charge in [-0.25, -0.2) is 4.79 Å². The summed E-state index contributed by atoms with van der Waals surface area (Å²) >= 11 is 0. The summed E-state index contributed by atoms with van der Waals surface area (Å²) in [6.45, 7) is 4.79. The van der Waals surface area contributed by atoms with Gasteiger partial charge < -0.3 is 24.2 Å². The second-order valence-corrected chi connectivity index (χ2v) is 6.69. The first-order valence-corrected chi connectivity index (χ1v) is 8.79. The predicted molar refractivity (Wildman–Crippen MR) is 97.8 cm³/mol. The summed E-state index contributed by atoms with van der Waals surface area (Å²) in [5.74, 6) is 2.35. The number of likely N-dealkylation sites (tertiary alicyclic amines) is 1. The SMILES string of the molecule is COc1cc(NC(=O)N2CCC[C@H]2c2cc(C(C)C)on2)cc(OC)c1. The van der Waals surface area contributed by atoms with Gasteiger partial charge in [-0.2, -0.15) is 0 Å². The average molecular weight is 359 g/mol. The smallest absolute Gasteiger partial charge is 0.322 e. The van der Waals surface area contributed by atoms with Gasteiger partial charge in [-0.15, -0.1) is 0 Å². The minimum atomic E-state index is -0.170. The van der Waals surface area contributed by atoms with E-state index in [0.717, 1.165) is 24.3 Å². The highest BCUT2D eigenvalue weighted by Crippen LogP contribution is 2.33. The molecule has 140 valence electrons. The Hall–Kier alpha value is -2.70. The molecule has 26 heavy (non-hydrogen) atoms. The Morgan fingerprint density at radius 1 is 1.23 bits per heavy atom. The Labute approximate surface area is 153 Å². The molecule has 0 saturated carbocycles. The molecule has 0 aliphatic carbocycles. The van der Waals surface area contributed by atoms with Crippen LogP contribution in [0.25, 0.3) is 0 Å². The van der Waals surface area contributed by atoms with E-state index in [-0.39, 0.29) is 18.0 Å². The van der Waals surface area contributed by atoms with Crippen molar-refractivity contribution in [1.29, 1.82) is 0 Å². The normalized spacial score (nSPS) is 16.8. The van der Waals surface area contributed by atoms with Crippen LogP contribution in [0.5, 0.6) is 11.5 Å². The summed E-state index contributed by atoms with van der Waals surface area (Å²) in [6, 6.07) is 7.00. The summed E-state index contributed by atoms with van der Waals surface area (Å²) in [5.41, 5.74) is 1.43. The second kappa shape index (κ2) is 7.68. The third-order valence-electron chi connectivity index (χ3n) is 4.57. The summed E-state index contributed by atoms with van der Waals surface area (Å²) in [7, 11) is 3.15. The largest absolute Gasteiger partial charge is 0.497 e. The number of benzene rings is 1. The van der Waals surface area contributed by atoms with Crippen LogP contribution < -0.4 is 14.8 Å². The van der Waals surface area contributed by atoms with Crippen molar-refractivity contribution < 1.29 is 18.8 Å². The molecule has 1 aliphatic rings. The molecule has 2 heterocycles. The van der Waals surface area contributed by atoms with E-state index in [2.05, 4.69) is 24.3 Å². The number of ether oxygens (including phenoxy) is 2. The lowest BCUT2D eigenvalue weighted by Crippen LogP contribution is -2.34. The number of hydrogen-bond donors (Lipinski definition) is 1. The summed E-state index contributed by atoms with van der Waals surface area (Å²) in [5, 5.41) is 7.11. The molecular weight excluding hydrogens is 334 g/mol. The van der Waals surface area contributed by atoms with Gasteiger partial charge in [0.1, 0.15) is 23.0 Å². The van der Waals surface area contributed by atoms with Crippen LogP contribution in [0.1, 0.15) is 50.1 Å². The number of hydrogen-bond acceptors (Lipinski definition) is 5. The highest BCUT2D eigenvalue weighted by atomic mass is 16.5. The van der Waals surface area contributed by atoms with Crippen molar-refractivity contribution in [2.45, 2.75) is 38.6 Å². The third-order valence-corrected chi connectivity index (χ3v) is 4.57. The van der Waals surface area contributed by atoms with E-state index in [4.69, 9.17) is 14.0 Å². The number of aromatic nitrogens is 1. The van der Waals surface area contributed by atoms with Crippen LogP contribution in [-0.4, -0.2) is 36.9 Å². The lowest BCUT2D eigenvalue weighted by molar-refractivity contribution is 0.204. The van der Waals surface area contributed by atoms with E-state index in [1.165, 1.54) is 0 Å². The fourth-order valence-electron chi connectivity index (χ4n) is 3.13. The van der Waals surface area contributed by atoms with Crippen LogP contribution in [0.4, 0.5) is 10.5 Å². The Morgan fingerprint density at radius 2 is 1.92 bits per heavy atom. The topological polar surface area (TPSA) is 76.8 Å². The minimum Gasteiger partial charge on any atom is -0.497 e. The lowest BCUT2D eigenvalue weighted by atomic mass is 10.1. The number of carbonyl (C=O) groups excluding carboxylic acids is 1. The van der Waals surface area contributed by atoms with E-state index in [1.54, 1.807) is 37.3 Å². The van der Waals surface area contributed by atoms with Gasteiger partial charge >= 0.3 is 6.03 Å².